The van der Waals surface area contributed by atoms with E-state index in [9.17, 15) is 4.79 Å². The van der Waals surface area contributed by atoms with E-state index in [0.29, 0.717) is 6.54 Å². The third kappa shape index (κ3) is 4.10. The summed E-state index contributed by atoms with van der Waals surface area (Å²) < 4.78 is 0. The molecule has 3 rings (SSSR count). The number of piperidine rings is 1. The van der Waals surface area contributed by atoms with Gasteiger partial charge >= 0.3 is 0 Å². The standard InChI is InChI=1S/C19H28N2O/c1-15-9-11-21(12-10-15)14-17-7-5-16(6-8-17)13-20-19(22)18-3-2-4-18/h5-8,15,18H,2-4,9-14H2,1H3,(H,20,22). The number of nitrogens with zero attached hydrogens (tertiary/aromatic N) is 1. The van der Waals surface area contributed by atoms with E-state index in [1.54, 1.807) is 0 Å². The van der Waals surface area contributed by atoms with Gasteiger partial charge in [-0.3, -0.25) is 9.69 Å². The Kier molecular flexibility index (Phi) is 5.14. The van der Waals surface area contributed by atoms with Gasteiger partial charge in [0.2, 0.25) is 5.91 Å². The Labute approximate surface area is 134 Å². The molecule has 1 aromatic rings. The lowest BCUT2D eigenvalue weighted by Gasteiger charge is -2.30. The van der Waals surface area contributed by atoms with Crippen LogP contribution in [0.4, 0.5) is 0 Å². The fourth-order valence-corrected chi connectivity index (χ4v) is 3.24. The van der Waals surface area contributed by atoms with Gasteiger partial charge in [0, 0.05) is 19.0 Å². The summed E-state index contributed by atoms with van der Waals surface area (Å²) in [6.07, 6.45) is 6.00. The number of rotatable bonds is 5. The van der Waals surface area contributed by atoms with E-state index in [2.05, 4.69) is 41.4 Å². The van der Waals surface area contributed by atoms with Crippen molar-refractivity contribution in [1.29, 1.82) is 0 Å². The number of nitrogens with one attached hydrogen (secondary N) is 1. The number of amides is 1. The molecule has 1 aliphatic heterocycles. The van der Waals surface area contributed by atoms with Gasteiger partial charge in [0.15, 0.2) is 0 Å². The van der Waals surface area contributed by atoms with Crippen LogP contribution in [0.25, 0.3) is 0 Å². The van der Waals surface area contributed by atoms with Crippen molar-refractivity contribution in [1.82, 2.24) is 10.2 Å². The van der Waals surface area contributed by atoms with Crippen molar-refractivity contribution in [3.63, 3.8) is 0 Å². The van der Waals surface area contributed by atoms with Gasteiger partial charge in [-0.2, -0.15) is 0 Å². The van der Waals surface area contributed by atoms with Crippen LogP contribution in [-0.2, 0) is 17.9 Å². The number of carbonyl (C=O) groups is 1. The van der Waals surface area contributed by atoms with Crippen LogP contribution in [0.1, 0.15) is 50.2 Å². The van der Waals surface area contributed by atoms with Gasteiger partial charge < -0.3 is 5.32 Å². The van der Waals surface area contributed by atoms with Crippen LogP contribution in [0.5, 0.6) is 0 Å². The minimum absolute atomic E-state index is 0.234. The molecule has 3 nitrogen and oxygen atoms in total. The van der Waals surface area contributed by atoms with Crippen molar-refractivity contribution >= 4 is 5.91 Å². The van der Waals surface area contributed by atoms with Gasteiger partial charge in [-0.05, 0) is 55.8 Å². The highest BCUT2D eigenvalue weighted by Crippen LogP contribution is 2.26. The molecule has 2 fully saturated rings. The second-order valence-electron chi connectivity index (χ2n) is 7.12. The van der Waals surface area contributed by atoms with Crippen LogP contribution in [0.15, 0.2) is 24.3 Å². The Morgan fingerprint density at radius 3 is 2.32 bits per heavy atom. The van der Waals surface area contributed by atoms with E-state index < -0.39 is 0 Å². The number of likely N-dealkylation sites (tertiary alicyclic amines) is 1. The molecule has 1 saturated heterocycles. The Bertz CT molecular complexity index is 485. The predicted molar refractivity (Wildman–Crippen MR) is 89.3 cm³/mol. The molecule has 22 heavy (non-hydrogen) atoms. The third-order valence-electron chi connectivity index (χ3n) is 5.25. The molecule has 1 heterocycles. The normalized spacial score (nSPS) is 20.6. The molecule has 1 aromatic carbocycles. The maximum absolute atomic E-state index is 11.8. The van der Waals surface area contributed by atoms with Crippen molar-refractivity contribution in [2.45, 2.75) is 52.1 Å². The fourth-order valence-electron chi connectivity index (χ4n) is 3.24. The first-order valence-electron chi connectivity index (χ1n) is 8.78. The summed E-state index contributed by atoms with van der Waals surface area (Å²) >= 11 is 0. The van der Waals surface area contributed by atoms with Crippen LogP contribution < -0.4 is 5.32 Å². The molecule has 0 bridgehead atoms. The highest BCUT2D eigenvalue weighted by atomic mass is 16.1. The molecule has 0 unspecified atom stereocenters. The van der Waals surface area contributed by atoms with Crippen molar-refractivity contribution < 1.29 is 4.79 Å². The highest BCUT2D eigenvalue weighted by molar-refractivity contribution is 5.79. The molecule has 1 aliphatic carbocycles. The summed E-state index contributed by atoms with van der Waals surface area (Å²) in [4.78, 5) is 14.4. The van der Waals surface area contributed by atoms with Crippen molar-refractivity contribution in [3.05, 3.63) is 35.4 Å². The third-order valence-corrected chi connectivity index (χ3v) is 5.25. The van der Waals surface area contributed by atoms with Gasteiger partial charge in [0.1, 0.15) is 0 Å². The Morgan fingerprint density at radius 1 is 1.09 bits per heavy atom. The SMILES string of the molecule is CC1CCN(Cc2ccc(CNC(=O)C3CCC3)cc2)CC1. The predicted octanol–water partition coefficient (Wildman–Crippen LogP) is 3.33. The number of hydrogen-bond acceptors (Lipinski definition) is 2. The van der Waals surface area contributed by atoms with Gasteiger partial charge in [0.05, 0.1) is 0 Å². The average molecular weight is 300 g/mol. The first-order valence-corrected chi connectivity index (χ1v) is 8.78. The summed E-state index contributed by atoms with van der Waals surface area (Å²) in [7, 11) is 0. The summed E-state index contributed by atoms with van der Waals surface area (Å²) in [6, 6.07) is 8.73. The largest absolute Gasteiger partial charge is 0.352 e. The lowest BCUT2D eigenvalue weighted by Crippen LogP contribution is -2.34. The maximum Gasteiger partial charge on any atom is 0.223 e. The molecule has 0 spiro atoms. The van der Waals surface area contributed by atoms with E-state index >= 15 is 0 Å². The molecular weight excluding hydrogens is 272 g/mol. The smallest absolute Gasteiger partial charge is 0.223 e. The quantitative estimate of drug-likeness (QED) is 0.904. The minimum atomic E-state index is 0.234. The van der Waals surface area contributed by atoms with Crippen LogP contribution >= 0.6 is 0 Å². The zero-order valence-corrected chi connectivity index (χ0v) is 13.7. The molecule has 3 heteroatoms. The van der Waals surface area contributed by atoms with Crippen LogP contribution in [-0.4, -0.2) is 23.9 Å². The summed E-state index contributed by atoms with van der Waals surface area (Å²) in [5.41, 5.74) is 2.58. The molecule has 120 valence electrons. The number of benzene rings is 1. The lowest BCUT2D eigenvalue weighted by molar-refractivity contribution is -0.127. The molecule has 0 atom stereocenters. The van der Waals surface area contributed by atoms with E-state index in [1.807, 2.05) is 0 Å². The van der Waals surface area contributed by atoms with Crippen molar-refractivity contribution in [2.75, 3.05) is 13.1 Å². The Hall–Kier alpha value is -1.35. The molecule has 1 saturated carbocycles. The van der Waals surface area contributed by atoms with Gasteiger partial charge in [0.25, 0.3) is 0 Å². The van der Waals surface area contributed by atoms with Gasteiger partial charge in [-0.25, -0.2) is 0 Å². The second kappa shape index (κ2) is 7.28. The lowest BCUT2D eigenvalue weighted by atomic mass is 9.85. The van der Waals surface area contributed by atoms with Gasteiger partial charge in [-0.15, -0.1) is 0 Å². The Morgan fingerprint density at radius 2 is 1.73 bits per heavy atom. The zero-order chi connectivity index (χ0) is 15.4. The molecule has 1 amide bonds. The molecule has 1 N–H and O–H groups in total. The summed E-state index contributed by atoms with van der Waals surface area (Å²) in [5.74, 6) is 1.40. The number of hydrogen-bond donors (Lipinski definition) is 1. The van der Waals surface area contributed by atoms with E-state index in [4.69, 9.17) is 0 Å². The second-order valence-corrected chi connectivity index (χ2v) is 7.12. The van der Waals surface area contributed by atoms with E-state index in [-0.39, 0.29) is 11.8 Å². The molecule has 0 radical (unpaired) electrons. The fraction of sp³-hybridized carbons (Fsp3) is 0.632. The molecular formula is C19H28N2O. The first-order chi connectivity index (χ1) is 10.7. The van der Waals surface area contributed by atoms with Crippen LogP contribution in [0.2, 0.25) is 0 Å². The van der Waals surface area contributed by atoms with Crippen LogP contribution in [0, 0.1) is 11.8 Å². The summed E-state index contributed by atoms with van der Waals surface area (Å²) in [5, 5.41) is 3.06. The average Bonchev–Trinajstić information content (AvgIpc) is 2.47. The van der Waals surface area contributed by atoms with E-state index in [0.717, 1.165) is 25.3 Å². The van der Waals surface area contributed by atoms with Crippen molar-refractivity contribution in [2.24, 2.45) is 11.8 Å². The van der Waals surface area contributed by atoms with Gasteiger partial charge in [-0.1, -0.05) is 37.6 Å². The van der Waals surface area contributed by atoms with Crippen molar-refractivity contribution in [3.8, 4) is 0 Å². The van der Waals surface area contributed by atoms with E-state index in [1.165, 1.54) is 43.5 Å². The number of carbonyl (C=O) groups excluding carboxylic acids is 1. The van der Waals surface area contributed by atoms with Crippen LogP contribution in [0.3, 0.4) is 0 Å². The molecule has 2 aliphatic rings. The monoisotopic (exact) mass is 300 g/mol. The summed E-state index contributed by atoms with van der Waals surface area (Å²) in [6.45, 7) is 6.52. The topological polar surface area (TPSA) is 32.3 Å². The maximum atomic E-state index is 11.8. The highest BCUT2D eigenvalue weighted by Gasteiger charge is 2.24. The Balaban J connectivity index is 1.44. The zero-order valence-electron chi connectivity index (χ0n) is 13.7. The minimum Gasteiger partial charge on any atom is -0.352 e. The molecule has 0 aromatic heterocycles. The first kappa shape index (κ1) is 15.5.